The number of thiophene rings is 1. The summed E-state index contributed by atoms with van der Waals surface area (Å²) in [6.45, 7) is 0. The Morgan fingerprint density at radius 3 is 2.93 bits per heavy atom. The average molecular weight is 244 g/mol. The van der Waals surface area contributed by atoms with Gasteiger partial charge in [-0.2, -0.15) is 0 Å². The lowest BCUT2D eigenvalue weighted by atomic mass is 10.2. The number of carbonyl (C=O) groups is 1. The van der Waals surface area contributed by atoms with Gasteiger partial charge in [0.15, 0.2) is 5.78 Å². The summed E-state index contributed by atoms with van der Waals surface area (Å²) in [4.78, 5) is 16.4. The van der Waals surface area contributed by atoms with Crippen LogP contribution in [0.5, 0.6) is 0 Å². The Balaban J connectivity index is 2.10. The minimum absolute atomic E-state index is 0.0804. The maximum absolute atomic E-state index is 11.6. The Hall–Kier alpha value is -0.710. The molecule has 2 heterocycles. The third-order valence-corrected chi connectivity index (χ3v) is 3.70. The molecule has 14 heavy (non-hydrogen) atoms. The fourth-order valence-corrected chi connectivity index (χ4v) is 2.62. The molecule has 5 heteroatoms. The van der Waals surface area contributed by atoms with Gasteiger partial charge in [0.25, 0.3) is 0 Å². The first-order valence-corrected chi connectivity index (χ1v) is 6.00. The van der Waals surface area contributed by atoms with E-state index in [1.807, 2.05) is 5.38 Å². The number of halogens is 1. The van der Waals surface area contributed by atoms with Crippen LogP contribution >= 0.6 is 34.3 Å². The largest absolute Gasteiger partial charge is 0.293 e. The topological polar surface area (TPSA) is 30.0 Å². The van der Waals surface area contributed by atoms with Crippen molar-refractivity contribution in [2.24, 2.45) is 0 Å². The summed E-state index contributed by atoms with van der Waals surface area (Å²) < 4.78 is 0.646. The van der Waals surface area contributed by atoms with Crippen LogP contribution in [0.1, 0.15) is 14.7 Å². The Kier molecular flexibility index (Phi) is 2.96. The molecule has 0 aliphatic heterocycles. The number of thiazole rings is 1. The minimum atomic E-state index is 0.0804. The highest BCUT2D eigenvalue weighted by Crippen LogP contribution is 2.23. The van der Waals surface area contributed by atoms with Gasteiger partial charge in [0.1, 0.15) is 5.01 Å². The Morgan fingerprint density at radius 1 is 1.50 bits per heavy atom. The van der Waals surface area contributed by atoms with E-state index in [0.717, 1.165) is 5.01 Å². The maximum Gasteiger partial charge on any atom is 0.179 e. The molecule has 2 rings (SSSR count). The quantitative estimate of drug-likeness (QED) is 0.775. The zero-order valence-corrected chi connectivity index (χ0v) is 9.46. The van der Waals surface area contributed by atoms with Crippen molar-refractivity contribution >= 4 is 40.1 Å². The van der Waals surface area contributed by atoms with Crippen LogP contribution in [0.25, 0.3) is 0 Å². The molecule has 0 bridgehead atoms. The second kappa shape index (κ2) is 4.21. The van der Waals surface area contributed by atoms with Crippen LogP contribution < -0.4 is 0 Å². The lowest BCUT2D eigenvalue weighted by molar-refractivity contribution is 0.0997. The highest BCUT2D eigenvalue weighted by molar-refractivity contribution is 7.18. The van der Waals surface area contributed by atoms with Gasteiger partial charge in [-0.15, -0.1) is 22.7 Å². The summed E-state index contributed by atoms with van der Waals surface area (Å²) in [5.41, 5.74) is 0. The molecule has 0 aliphatic carbocycles. The van der Waals surface area contributed by atoms with E-state index in [0.29, 0.717) is 15.6 Å². The lowest BCUT2D eigenvalue weighted by Gasteiger charge is -1.92. The van der Waals surface area contributed by atoms with Crippen LogP contribution in [0.2, 0.25) is 4.34 Å². The van der Waals surface area contributed by atoms with Crippen molar-refractivity contribution in [3.8, 4) is 0 Å². The molecule has 0 aromatic carbocycles. The third kappa shape index (κ3) is 2.20. The first kappa shape index (κ1) is 9.83. The van der Waals surface area contributed by atoms with Crippen molar-refractivity contribution in [1.29, 1.82) is 0 Å². The van der Waals surface area contributed by atoms with Gasteiger partial charge in [0.2, 0.25) is 0 Å². The van der Waals surface area contributed by atoms with Gasteiger partial charge >= 0.3 is 0 Å². The molecule has 0 aliphatic rings. The summed E-state index contributed by atoms with van der Waals surface area (Å²) >= 11 is 8.54. The number of aromatic nitrogens is 1. The van der Waals surface area contributed by atoms with E-state index in [4.69, 9.17) is 11.6 Å². The van der Waals surface area contributed by atoms with Crippen LogP contribution in [-0.4, -0.2) is 10.8 Å². The molecular weight excluding hydrogens is 238 g/mol. The van der Waals surface area contributed by atoms with Crippen molar-refractivity contribution in [3.05, 3.63) is 37.9 Å². The number of ketones is 1. The predicted molar refractivity (Wildman–Crippen MR) is 59.5 cm³/mol. The second-order valence-corrected chi connectivity index (χ2v) is 5.32. The van der Waals surface area contributed by atoms with E-state index in [1.165, 1.54) is 22.7 Å². The average Bonchev–Trinajstić information content (AvgIpc) is 2.75. The standard InChI is InChI=1S/C9H6ClNOS2/c10-8-2-1-7(14-8)6(12)5-9-11-3-4-13-9/h1-4H,5H2. The van der Waals surface area contributed by atoms with Gasteiger partial charge in [-0.25, -0.2) is 4.98 Å². The van der Waals surface area contributed by atoms with Gasteiger partial charge in [0, 0.05) is 11.6 Å². The van der Waals surface area contributed by atoms with E-state index >= 15 is 0 Å². The van der Waals surface area contributed by atoms with E-state index in [9.17, 15) is 4.79 Å². The number of Topliss-reactive ketones (excluding diaryl/α,β-unsaturated/α-hetero) is 1. The van der Waals surface area contributed by atoms with E-state index in [-0.39, 0.29) is 5.78 Å². The summed E-state index contributed by atoms with van der Waals surface area (Å²) in [7, 11) is 0. The van der Waals surface area contributed by atoms with E-state index in [2.05, 4.69) is 4.98 Å². The third-order valence-electron chi connectivity index (χ3n) is 1.64. The zero-order valence-electron chi connectivity index (χ0n) is 7.07. The SMILES string of the molecule is O=C(Cc1nccs1)c1ccc(Cl)s1. The molecule has 72 valence electrons. The molecule has 2 aromatic rings. The molecule has 0 atom stereocenters. The Morgan fingerprint density at radius 2 is 2.36 bits per heavy atom. The Labute approximate surface area is 94.2 Å². The highest BCUT2D eigenvalue weighted by atomic mass is 35.5. The zero-order chi connectivity index (χ0) is 9.97. The summed E-state index contributed by atoms with van der Waals surface area (Å²) in [5.74, 6) is 0.0804. The van der Waals surface area contributed by atoms with Crippen molar-refractivity contribution in [2.45, 2.75) is 6.42 Å². The number of nitrogens with zero attached hydrogens (tertiary/aromatic N) is 1. The van der Waals surface area contributed by atoms with E-state index < -0.39 is 0 Å². The van der Waals surface area contributed by atoms with Crippen molar-refractivity contribution in [3.63, 3.8) is 0 Å². The van der Waals surface area contributed by atoms with Gasteiger partial charge < -0.3 is 0 Å². The monoisotopic (exact) mass is 243 g/mol. The number of carbonyl (C=O) groups excluding carboxylic acids is 1. The molecule has 0 amide bonds. The summed E-state index contributed by atoms with van der Waals surface area (Å²) in [5, 5.41) is 2.71. The fourth-order valence-electron chi connectivity index (χ4n) is 1.03. The molecule has 0 saturated heterocycles. The van der Waals surface area contributed by atoms with Crippen LogP contribution in [0.3, 0.4) is 0 Å². The number of hydrogen-bond donors (Lipinski definition) is 0. The predicted octanol–water partition coefficient (Wildman–Crippen LogP) is 3.28. The van der Waals surface area contributed by atoms with Crippen LogP contribution in [-0.2, 0) is 6.42 Å². The number of hydrogen-bond acceptors (Lipinski definition) is 4. The van der Waals surface area contributed by atoms with Gasteiger partial charge in [0.05, 0.1) is 15.6 Å². The minimum Gasteiger partial charge on any atom is -0.293 e. The lowest BCUT2D eigenvalue weighted by Crippen LogP contribution is -2.00. The molecule has 2 aromatic heterocycles. The van der Waals surface area contributed by atoms with Crippen LogP contribution in [0.4, 0.5) is 0 Å². The van der Waals surface area contributed by atoms with Gasteiger partial charge in [-0.3, -0.25) is 4.79 Å². The second-order valence-electron chi connectivity index (χ2n) is 2.63. The Bertz CT molecular complexity index is 435. The number of rotatable bonds is 3. The molecule has 0 fully saturated rings. The molecular formula is C9H6ClNOS2. The van der Waals surface area contributed by atoms with Gasteiger partial charge in [-0.1, -0.05) is 11.6 Å². The molecule has 0 spiro atoms. The summed E-state index contributed by atoms with van der Waals surface area (Å²) in [6, 6.07) is 3.49. The first-order valence-electron chi connectivity index (χ1n) is 3.92. The molecule has 2 nitrogen and oxygen atoms in total. The van der Waals surface area contributed by atoms with Crippen LogP contribution in [0.15, 0.2) is 23.7 Å². The molecule has 0 saturated carbocycles. The van der Waals surface area contributed by atoms with Crippen LogP contribution in [0, 0.1) is 0 Å². The first-order chi connectivity index (χ1) is 6.75. The van der Waals surface area contributed by atoms with Crippen molar-refractivity contribution in [1.82, 2.24) is 4.98 Å². The summed E-state index contributed by atoms with van der Waals surface area (Å²) in [6.07, 6.45) is 2.07. The smallest absolute Gasteiger partial charge is 0.179 e. The fraction of sp³-hybridized carbons (Fsp3) is 0.111. The molecule has 0 radical (unpaired) electrons. The van der Waals surface area contributed by atoms with Gasteiger partial charge in [-0.05, 0) is 12.1 Å². The maximum atomic E-state index is 11.6. The van der Waals surface area contributed by atoms with E-state index in [1.54, 1.807) is 18.3 Å². The van der Waals surface area contributed by atoms with Crippen molar-refractivity contribution in [2.75, 3.05) is 0 Å². The normalized spacial score (nSPS) is 10.4. The van der Waals surface area contributed by atoms with Crippen molar-refractivity contribution < 1.29 is 4.79 Å². The molecule has 0 unspecified atom stereocenters. The highest BCUT2D eigenvalue weighted by Gasteiger charge is 2.10. The molecule has 0 N–H and O–H groups in total.